The van der Waals surface area contributed by atoms with Crippen molar-refractivity contribution in [3.8, 4) is 5.75 Å². The van der Waals surface area contributed by atoms with Gasteiger partial charge >= 0.3 is 0 Å². The molecule has 1 aromatic carbocycles. The van der Waals surface area contributed by atoms with E-state index in [1.54, 1.807) is 38.4 Å². The highest BCUT2D eigenvalue weighted by Crippen LogP contribution is 2.25. The van der Waals surface area contributed by atoms with Gasteiger partial charge in [0.2, 0.25) is 5.91 Å². The van der Waals surface area contributed by atoms with Gasteiger partial charge in [0.25, 0.3) is 5.91 Å². The topological polar surface area (TPSA) is 92.7 Å². The minimum atomic E-state index is -0.381. The zero-order chi connectivity index (χ0) is 18.2. The predicted molar refractivity (Wildman–Crippen MR) is 95.8 cm³/mol. The van der Waals surface area contributed by atoms with Gasteiger partial charge in [0.05, 0.1) is 24.8 Å². The van der Waals surface area contributed by atoms with Crippen molar-refractivity contribution in [1.82, 2.24) is 10.4 Å². The van der Waals surface area contributed by atoms with Crippen molar-refractivity contribution >= 4 is 23.2 Å². The van der Waals surface area contributed by atoms with Gasteiger partial charge < -0.3 is 10.1 Å². The van der Waals surface area contributed by atoms with Crippen molar-refractivity contribution in [2.24, 2.45) is 5.10 Å². The Morgan fingerprint density at radius 1 is 1.28 bits per heavy atom. The van der Waals surface area contributed by atoms with Gasteiger partial charge in [-0.25, -0.2) is 5.43 Å². The Bertz CT molecular complexity index is 788. The molecule has 0 atom stereocenters. The van der Waals surface area contributed by atoms with Gasteiger partial charge in [0.15, 0.2) is 0 Å². The number of hydrogen-bond acceptors (Lipinski definition) is 5. The summed E-state index contributed by atoms with van der Waals surface area (Å²) in [5.74, 6) is -0.0487. The van der Waals surface area contributed by atoms with Crippen LogP contribution in [0.15, 0.2) is 47.8 Å². The second-order valence-corrected chi connectivity index (χ2v) is 5.46. The number of amides is 2. The molecule has 0 bridgehead atoms. The third-order valence-corrected chi connectivity index (χ3v) is 3.32. The average molecular weight is 340 g/mol. The molecule has 7 heteroatoms. The molecule has 2 N–H and O–H groups in total. The Balaban J connectivity index is 1.94. The van der Waals surface area contributed by atoms with Crippen molar-refractivity contribution in [3.05, 3.63) is 53.9 Å². The van der Waals surface area contributed by atoms with Crippen LogP contribution in [0.5, 0.6) is 5.75 Å². The standard InChI is InChI=1S/C18H20N4O3/c1-12-6-7-16(25-3)15(9-12)20-17(23)10-13(2)21-22-18(24)14-5-4-8-19-11-14/h4-9,11H,10H2,1-3H3,(H,20,23)(H,22,24)/b21-13-. The van der Waals surface area contributed by atoms with Gasteiger partial charge in [0, 0.05) is 18.1 Å². The molecule has 0 aliphatic rings. The number of ether oxygens (including phenoxy) is 1. The number of aromatic nitrogens is 1. The van der Waals surface area contributed by atoms with Gasteiger partial charge in [0.1, 0.15) is 5.75 Å². The van der Waals surface area contributed by atoms with Crippen molar-refractivity contribution in [2.75, 3.05) is 12.4 Å². The number of carbonyl (C=O) groups is 2. The monoisotopic (exact) mass is 340 g/mol. The Morgan fingerprint density at radius 2 is 2.08 bits per heavy atom. The molecule has 2 aromatic rings. The number of aryl methyl sites for hydroxylation is 1. The number of pyridine rings is 1. The second kappa shape index (κ2) is 8.58. The van der Waals surface area contributed by atoms with Crippen LogP contribution in [0, 0.1) is 6.92 Å². The Morgan fingerprint density at radius 3 is 2.76 bits per heavy atom. The number of nitrogens with one attached hydrogen (secondary N) is 2. The summed E-state index contributed by atoms with van der Waals surface area (Å²) in [7, 11) is 1.54. The van der Waals surface area contributed by atoms with E-state index < -0.39 is 0 Å². The van der Waals surface area contributed by atoms with Crippen LogP contribution >= 0.6 is 0 Å². The summed E-state index contributed by atoms with van der Waals surface area (Å²) in [6, 6.07) is 8.81. The summed E-state index contributed by atoms with van der Waals surface area (Å²) in [5, 5.41) is 6.72. The molecule has 0 fully saturated rings. The lowest BCUT2D eigenvalue weighted by molar-refractivity contribution is -0.115. The van der Waals surface area contributed by atoms with E-state index >= 15 is 0 Å². The van der Waals surface area contributed by atoms with Gasteiger partial charge in [-0.05, 0) is 43.7 Å². The zero-order valence-electron chi connectivity index (χ0n) is 14.4. The first-order chi connectivity index (χ1) is 12.0. The first-order valence-electron chi connectivity index (χ1n) is 7.67. The molecule has 0 unspecified atom stereocenters. The third-order valence-electron chi connectivity index (χ3n) is 3.32. The van der Waals surface area contributed by atoms with Crippen LogP contribution in [-0.2, 0) is 4.79 Å². The third kappa shape index (κ3) is 5.42. The van der Waals surface area contributed by atoms with Crippen molar-refractivity contribution in [1.29, 1.82) is 0 Å². The number of nitrogens with zero attached hydrogens (tertiary/aromatic N) is 2. The molecule has 1 heterocycles. The minimum Gasteiger partial charge on any atom is -0.495 e. The fraction of sp³-hybridized carbons (Fsp3) is 0.222. The lowest BCUT2D eigenvalue weighted by Gasteiger charge is -2.11. The number of hydrogen-bond donors (Lipinski definition) is 2. The number of anilines is 1. The van der Waals surface area contributed by atoms with E-state index in [9.17, 15) is 9.59 Å². The molecule has 0 spiro atoms. The second-order valence-electron chi connectivity index (χ2n) is 5.46. The lowest BCUT2D eigenvalue weighted by atomic mass is 10.2. The molecular weight excluding hydrogens is 320 g/mol. The Labute approximate surface area is 146 Å². The highest BCUT2D eigenvalue weighted by Gasteiger charge is 2.10. The Kier molecular flexibility index (Phi) is 6.22. The van der Waals surface area contributed by atoms with Crippen LogP contribution in [0.3, 0.4) is 0 Å². The molecule has 25 heavy (non-hydrogen) atoms. The van der Waals surface area contributed by atoms with Crippen LogP contribution < -0.4 is 15.5 Å². The van der Waals surface area contributed by atoms with E-state index in [4.69, 9.17) is 4.74 Å². The zero-order valence-corrected chi connectivity index (χ0v) is 14.4. The number of benzene rings is 1. The number of rotatable bonds is 6. The maximum absolute atomic E-state index is 12.1. The summed E-state index contributed by atoms with van der Waals surface area (Å²) >= 11 is 0. The summed E-state index contributed by atoms with van der Waals surface area (Å²) in [6.45, 7) is 3.59. The average Bonchev–Trinajstić information content (AvgIpc) is 2.60. The van der Waals surface area contributed by atoms with Crippen LogP contribution in [-0.4, -0.2) is 29.6 Å². The molecular formula is C18H20N4O3. The molecule has 0 radical (unpaired) electrons. The number of carbonyl (C=O) groups excluding carboxylic acids is 2. The first-order valence-corrected chi connectivity index (χ1v) is 7.67. The Hall–Kier alpha value is -3.22. The van der Waals surface area contributed by atoms with E-state index in [0.29, 0.717) is 22.7 Å². The lowest BCUT2D eigenvalue weighted by Crippen LogP contribution is -2.21. The smallest absolute Gasteiger partial charge is 0.272 e. The molecule has 2 amide bonds. The summed E-state index contributed by atoms with van der Waals surface area (Å²) in [4.78, 5) is 27.9. The minimum absolute atomic E-state index is 0.0460. The van der Waals surface area contributed by atoms with Gasteiger partial charge in [-0.2, -0.15) is 5.10 Å². The molecule has 7 nitrogen and oxygen atoms in total. The number of hydrazone groups is 1. The first kappa shape index (κ1) is 18.1. The fourth-order valence-corrected chi connectivity index (χ4v) is 2.09. The molecule has 2 rings (SSSR count). The summed E-state index contributed by atoms with van der Waals surface area (Å²) in [5.41, 5.74) is 4.88. The molecule has 0 saturated carbocycles. The molecule has 130 valence electrons. The van der Waals surface area contributed by atoms with Crippen LogP contribution in [0.25, 0.3) is 0 Å². The maximum atomic E-state index is 12.1. The van der Waals surface area contributed by atoms with E-state index in [-0.39, 0.29) is 18.2 Å². The van der Waals surface area contributed by atoms with Crippen molar-refractivity contribution < 1.29 is 14.3 Å². The van der Waals surface area contributed by atoms with Crippen molar-refractivity contribution in [3.63, 3.8) is 0 Å². The van der Waals surface area contributed by atoms with E-state index in [0.717, 1.165) is 5.56 Å². The number of methoxy groups -OCH3 is 1. The van der Waals surface area contributed by atoms with Gasteiger partial charge in [-0.1, -0.05) is 6.07 Å². The SMILES string of the molecule is COc1ccc(C)cc1NC(=O)C/C(C)=N\NC(=O)c1cccnc1. The normalized spacial score (nSPS) is 10.9. The molecule has 0 aliphatic heterocycles. The van der Waals surface area contributed by atoms with Crippen LogP contribution in [0.2, 0.25) is 0 Å². The summed E-state index contributed by atoms with van der Waals surface area (Å²) in [6.07, 6.45) is 3.07. The van der Waals surface area contributed by atoms with Crippen LogP contribution in [0.4, 0.5) is 5.69 Å². The summed E-state index contributed by atoms with van der Waals surface area (Å²) < 4.78 is 5.23. The molecule has 1 aromatic heterocycles. The van der Waals surface area contributed by atoms with Gasteiger partial charge in [-0.3, -0.25) is 14.6 Å². The highest BCUT2D eigenvalue weighted by molar-refractivity contribution is 6.06. The predicted octanol–water partition coefficient (Wildman–Crippen LogP) is 2.53. The van der Waals surface area contributed by atoms with Crippen LogP contribution in [0.1, 0.15) is 29.3 Å². The van der Waals surface area contributed by atoms with E-state index in [2.05, 4.69) is 20.8 Å². The van der Waals surface area contributed by atoms with E-state index in [1.807, 2.05) is 19.1 Å². The fourth-order valence-electron chi connectivity index (χ4n) is 2.09. The quantitative estimate of drug-likeness (QED) is 0.624. The van der Waals surface area contributed by atoms with Gasteiger partial charge in [-0.15, -0.1) is 0 Å². The largest absolute Gasteiger partial charge is 0.495 e. The highest BCUT2D eigenvalue weighted by atomic mass is 16.5. The van der Waals surface area contributed by atoms with Crippen molar-refractivity contribution in [2.45, 2.75) is 20.3 Å². The van der Waals surface area contributed by atoms with E-state index in [1.165, 1.54) is 6.20 Å². The molecule has 0 aliphatic carbocycles. The molecule has 0 saturated heterocycles. The maximum Gasteiger partial charge on any atom is 0.272 e.